The Hall–Kier alpha value is -2.15. The summed E-state index contributed by atoms with van der Waals surface area (Å²) in [4.78, 5) is 12.1. The molecule has 0 radical (unpaired) electrons. The lowest BCUT2D eigenvalue weighted by atomic mass is 9.80. The molecule has 2 aromatic carbocycles. The topological polar surface area (TPSA) is 17.1 Å². The van der Waals surface area contributed by atoms with Crippen molar-refractivity contribution in [2.24, 2.45) is 0 Å². The van der Waals surface area contributed by atoms with E-state index in [-0.39, 0.29) is 0 Å². The molecule has 1 aliphatic rings. The van der Waals surface area contributed by atoms with E-state index in [1.807, 2.05) is 36.4 Å². The van der Waals surface area contributed by atoms with E-state index in [1.54, 1.807) is 0 Å². The van der Waals surface area contributed by atoms with Gasteiger partial charge in [0.2, 0.25) is 0 Å². The molecule has 1 unspecified atom stereocenters. The summed E-state index contributed by atoms with van der Waals surface area (Å²) in [5.41, 5.74) is 3.43. The zero-order chi connectivity index (χ0) is 13.8. The average molecular weight is 262 g/mol. The highest BCUT2D eigenvalue weighted by Crippen LogP contribution is 2.34. The largest absolute Gasteiger partial charge is 0.295 e. The molecule has 0 spiro atoms. The zero-order valence-electron chi connectivity index (χ0n) is 11.5. The van der Waals surface area contributed by atoms with Crippen molar-refractivity contribution in [1.82, 2.24) is 0 Å². The Morgan fingerprint density at radius 2 is 1.55 bits per heavy atom. The van der Waals surface area contributed by atoms with Gasteiger partial charge in [-0.25, -0.2) is 0 Å². The van der Waals surface area contributed by atoms with Crippen LogP contribution in [0.3, 0.4) is 0 Å². The van der Waals surface area contributed by atoms with Crippen molar-refractivity contribution in [3.05, 3.63) is 77.4 Å². The van der Waals surface area contributed by atoms with Gasteiger partial charge in [0.15, 0.2) is 5.78 Å². The van der Waals surface area contributed by atoms with Crippen molar-refractivity contribution in [3.63, 3.8) is 0 Å². The molecule has 1 aliphatic carbocycles. The minimum atomic E-state index is 0.307. The lowest BCUT2D eigenvalue weighted by Gasteiger charge is -2.23. The monoisotopic (exact) mass is 262 g/mol. The Kier molecular flexibility index (Phi) is 3.78. The van der Waals surface area contributed by atoms with E-state index < -0.39 is 0 Å². The third-order valence-corrected chi connectivity index (χ3v) is 3.96. The van der Waals surface area contributed by atoms with Gasteiger partial charge in [-0.1, -0.05) is 60.7 Å². The van der Waals surface area contributed by atoms with Crippen molar-refractivity contribution in [2.75, 3.05) is 0 Å². The predicted molar refractivity (Wildman–Crippen MR) is 82.5 cm³/mol. The quantitative estimate of drug-likeness (QED) is 0.722. The molecule has 1 fully saturated rings. The van der Waals surface area contributed by atoms with E-state index in [0.717, 1.165) is 24.0 Å². The first-order chi connectivity index (χ1) is 9.83. The number of carbonyl (C=O) groups is 1. The molecule has 0 aromatic heterocycles. The molecule has 0 saturated heterocycles. The smallest absolute Gasteiger partial charge is 0.158 e. The summed E-state index contributed by atoms with van der Waals surface area (Å²) in [6.07, 6.45) is 4.54. The maximum Gasteiger partial charge on any atom is 0.158 e. The molecule has 0 heterocycles. The molecule has 2 aromatic rings. The first-order valence-electron chi connectivity index (χ1n) is 7.17. The second-order valence-corrected chi connectivity index (χ2v) is 5.35. The summed E-state index contributed by atoms with van der Waals surface area (Å²) in [6, 6.07) is 20.6. The normalized spacial score (nSPS) is 21.1. The Balaban J connectivity index is 1.84. The van der Waals surface area contributed by atoms with Crippen LogP contribution >= 0.6 is 0 Å². The lowest BCUT2D eigenvalue weighted by molar-refractivity contribution is -0.116. The second kappa shape index (κ2) is 5.87. The van der Waals surface area contributed by atoms with E-state index in [4.69, 9.17) is 0 Å². The predicted octanol–water partition coefficient (Wildman–Crippen LogP) is 4.61. The number of ketones is 1. The van der Waals surface area contributed by atoms with E-state index in [9.17, 15) is 4.79 Å². The van der Waals surface area contributed by atoms with E-state index in [0.29, 0.717) is 18.1 Å². The van der Waals surface area contributed by atoms with Gasteiger partial charge in [-0.15, -0.1) is 0 Å². The molecule has 1 atom stereocenters. The first-order valence-corrected chi connectivity index (χ1v) is 7.17. The number of carbonyl (C=O) groups excluding carboxylic acids is 1. The van der Waals surface area contributed by atoms with Crippen molar-refractivity contribution in [3.8, 4) is 0 Å². The van der Waals surface area contributed by atoms with E-state index >= 15 is 0 Å². The van der Waals surface area contributed by atoms with Gasteiger partial charge in [0.25, 0.3) is 0 Å². The maximum absolute atomic E-state index is 12.1. The van der Waals surface area contributed by atoms with Crippen LogP contribution in [-0.4, -0.2) is 5.78 Å². The first kappa shape index (κ1) is 12.9. The van der Waals surface area contributed by atoms with Gasteiger partial charge in [0.05, 0.1) is 0 Å². The van der Waals surface area contributed by atoms with Crippen molar-refractivity contribution in [2.45, 2.75) is 25.2 Å². The Labute approximate surface area is 120 Å². The summed E-state index contributed by atoms with van der Waals surface area (Å²) in [5, 5.41) is 0. The summed E-state index contributed by atoms with van der Waals surface area (Å²) in [7, 11) is 0. The van der Waals surface area contributed by atoms with Crippen LogP contribution in [0.25, 0.3) is 6.08 Å². The Morgan fingerprint density at radius 1 is 0.900 bits per heavy atom. The van der Waals surface area contributed by atoms with Gasteiger partial charge in [-0.3, -0.25) is 4.79 Å². The minimum Gasteiger partial charge on any atom is -0.295 e. The van der Waals surface area contributed by atoms with Crippen LogP contribution in [0.2, 0.25) is 0 Å². The Bertz CT molecular complexity index is 611. The van der Waals surface area contributed by atoms with Crippen LogP contribution in [0.15, 0.2) is 66.2 Å². The van der Waals surface area contributed by atoms with Crippen molar-refractivity contribution in [1.29, 1.82) is 0 Å². The highest BCUT2D eigenvalue weighted by atomic mass is 16.1. The highest BCUT2D eigenvalue weighted by Gasteiger charge is 2.24. The molecule has 0 aliphatic heterocycles. The number of hydrogen-bond donors (Lipinski definition) is 0. The van der Waals surface area contributed by atoms with Crippen LogP contribution in [0.5, 0.6) is 0 Å². The zero-order valence-corrected chi connectivity index (χ0v) is 11.5. The molecular weight excluding hydrogens is 244 g/mol. The number of allylic oxidation sites excluding steroid dienone is 1. The third kappa shape index (κ3) is 2.88. The molecule has 1 saturated carbocycles. The van der Waals surface area contributed by atoms with Crippen LogP contribution in [0, 0.1) is 0 Å². The van der Waals surface area contributed by atoms with Gasteiger partial charge >= 0.3 is 0 Å². The number of benzene rings is 2. The molecule has 20 heavy (non-hydrogen) atoms. The minimum absolute atomic E-state index is 0.307. The van der Waals surface area contributed by atoms with Gasteiger partial charge < -0.3 is 0 Å². The standard InChI is InChI=1S/C19H18O/c20-19-12-11-17(16-9-5-2-6-10-16)14-18(19)13-15-7-3-1-4-8-15/h1-10,13,17H,11-12,14H2/b18-13-. The molecule has 1 heteroatoms. The fraction of sp³-hybridized carbons (Fsp3) is 0.211. The summed E-state index contributed by atoms with van der Waals surface area (Å²) in [5.74, 6) is 0.782. The molecule has 100 valence electrons. The van der Waals surface area contributed by atoms with Gasteiger partial charge in [0.1, 0.15) is 0 Å². The molecule has 0 N–H and O–H groups in total. The number of rotatable bonds is 2. The number of Topliss-reactive ketones (excluding diaryl/α,β-unsaturated/α-hetero) is 1. The van der Waals surface area contributed by atoms with Crippen LogP contribution in [-0.2, 0) is 4.79 Å². The van der Waals surface area contributed by atoms with Crippen LogP contribution < -0.4 is 0 Å². The maximum atomic E-state index is 12.1. The Morgan fingerprint density at radius 3 is 2.25 bits per heavy atom. The summed E-state index contributed by atoms with van der Waals surface area (Å²) in [6.45, 7) is 0. The molecule has 3 rings (SSSR count). The van der Waals surface area contributed by atoms with Crippen LogP contribution in [0.1, 0.15) is 36.3 Å². The summed E-state index contributed by atoms with van der Waals surface area (Å²) < 4.78 is 0. The fourth-order valence-electron chi connectivity index (χ4n) is 2.85. The molecule has 0 bridgehead atoms. The van der Waals surface area contributed by atoms with E-state index in [1.165, 1.54) is 5.56 Å². The van der Waals surface area contributed by atoms with Crippen LogP contribution in [0.4, 0.5) is 0 Å². The summed E-state index contributed by atoms with van der Waals surface area (Å²) >= 11 is 0. The van der Waals surface area contributed by atoms with Crippen molar-refractivity contribution < 1.29 is 4.79 Å². The molecular formula is C19H18O. The van der Waals surface area contributed by atoms with Gasteiger partial charge in [-0.2, -0.15) is 0 Å². The molecule has 1 nitrogen and oxygen atoms in total. The number of hydrogen-bond acceptors (Lipinski definition) is 1. The van der Waals surface area contributed by atoms with Gasteiger partial charge in [-0.05, 0) is 41.5 Å². The highest BCUT2D eigenvalue weighted by molar-refractivity contribution is 6.00. The third-order valence-electron chi connectivity index (χ3n) is 3.96. The second-order valence-electron chi connectivity index (χ2n) is 5.35. The van der Waals surface area contributed by atoms with Crippen molar-refractivity contribution >= 4 is 11.9 Å². The van der Waals surface area contributed by atoms with Gasteiger partial charge in [0, 0.05) is 6.42 Å². The SMILES string of the molecule is O=C1CCC(c2ccccc2)C/C1=C/c1ccccc1. The average Bonchev–Trinajstić information content (AvgIpc) is 2.51. The fourth-order valence-corrected chi connectivity index (χ4v) is 2.85. The lowest BCUT2D eigenvalue weighted by Crippen LogP contribution is -2.15. The van der Waals surface area contributed by atoms with E-state index in [2.05, 4.69) is 30.3 Å². The molecule has 0 amide bonds.